The molecule has 10 heteroatoms. The summed E-state index contributed by atoms with van der Waals surface area (Å²) in [5.74, 6) is 1.68. The summed E-state index contributed by atoms with van der Waals surface area (Å²) in [6.07, 6.45) is -2.58. The number of H-pyrrole nitrogens is 1. The highest BCUT2D eigenvalue weighted by atomic mass is 127. The first kappa shape index (κ1) is 26.9. The van der Waals surface area contributed by atoms with Gasteiger partial charge in [-0.25, -0.2) is 9.98 Å². The van der Waals surface area contributed by atoms with E-state index >= 15 is 0 Å². The van der Waals surface area contributed by atoms with E-state index in [1.54, 1.807) is 12.1 Å². The lowest BCUT2D eigenvalue weighted by molar-refractivity contribution is -0.176. The maximum atomic E-state index is 12.1. The van der Waals surface area contributed by atoms with Crippen LogP contribution in [-0.4, -0.2) is 41.8 Å². The lowest BCUT2D eigenvalue weighted by Crippen LogP contribution is -2.37. The number of imidazole rings is 1. The summed E-state index contributed by atoms with van der Waals surface area (Å²) in [7, 11) is 0. The van der Waals surface area contributed by atoms with Crippen molar-refractivity contribution in [2.24, 2.45) is 4.99 Å². The molecule has 33 heavy (non-hydrogen) atoms. The monoisotopic (exact) mass is 575 g/mol. The van der Waals surface area contributed by atoms with E-state index in [-0.39, 0.29) is 30.6 Å². The molecule has 3 rings (SSSR count). The van der Waals surface area contributed by atoms with Gasteiger partial charge < -0.3 is 20.4 Å². The van der Waals surface area contributed by atoms with E-state index in [9.17, 15) is 13.2 Å². The Hall–Kier alpha value is -2.34. The zero-order valence-electron chi connectivity index (χ0n) is 18.4. The Bertz CT molecular complexity index is 972. The number of nitrogens with zero attached hydrogens (tertiary/aromatic N) is 2. The van der Waals surface area contributed by atoms with E-state index in [1.165, 1.54) is 0 Å². The second-order valence-electron chi connectivity index (χ2n) is 7.35. The molecule has 180 valence electrons. The van der Waals surface area contributed by atoms with E-state index in [4.69, 9.17) is 0 Å². The molecule has 0 radical (unpaired) electrons. The van der Waals surface area contributed by atoms with E-state index in [0.717, 1.165) is 54.3 Å². The van der Waals surface area contributed by atoms with Gasteiger partial charge in [0, 0.05) is 19.5 Å². The van der Waals surface area contributed by atoms with Crippen molar-refractivity contribution in [1.82, 2.24) is 20.6 Å². The summed E-state index contributed by atoms with van der Waals surface area (Å²) < 4.78 is 41.1. The SMILES string of the molecule is CCNC(=NCc1ccc(COCC(F)(F)F)cc1)NCCCc1nc2ccccc2[nH]1.I. The molecule has 0 bridgehead atoms. The van der Waals surface area contributed by atoms with Gasteiger partial charge in [-0.2, -0.15) is 13.2 Å². The van der Waals surface area contributed by atoms with Crippen molar-refractivity contribution in [3.8, 4) is 0 Å². The number of rotatable bonds is 10. The van der Waals surface area contributed by atoms with Crippen LogP contribution in [0.5, 0.6) is 0 Å². The van der Waals surface area contributed by atoms with E-state index in [1.807, 2.05) is 43.3 Å². The topological polar surface area (TPSA) is 74.3 Å². The number of ether oxygens (including phenoxy) is 1. The summed E-state index contributed by atoms with van der Waals surface area (Å²) >= 11 is 0. The van der Waals surface area contributed by atoms with Crippen LogP contribution >= 0.6 is 24.0 Å². The number of halogens is 4. The number of hydrogen-bond donors (Lipinski definition) is 3. The smallest absolute Gasteiger partial charge is 0.367 e. The van der Waals surface area contributed by atoms with Crippen LogP contribution in [0.15, 0.2) is 53.5 Å². The molecular weight excluding hydrogens is 546 g/mol. The van der Waals surface area contributed by atoms with Crippen LogP contribution in [0, 0.1) is 0 Å². The summed E-state index contributed by atoms with van der Waals surface area (Å²) in [5.41, 5.74) is 3.67. The number of alkyl halides is 3. The Morgan fingerprint density at radius 2 is 1.79 bits per heavy atom. The summed E-state index contributed by atoms with van der Waals surface area (Å²) in [4.78, 5) is 12.5. The fourth-order valence-electron chi connectivity index (χ4n) is 3.12. The Labute approximate surface area is 208 Å². The fraction of sp³-hybridized carbons (Fsp3) is 0.391. The van der Waals surface area contributed by atoms with E-state index in [2.05, 4.69) is 30.3 Å². The lowest BCUT2D eigenvalue weighted by atomic mass is 10.1. The molecule has 0 fully saturated rings. The molecule has 0 amide bonds. The Kier molecular flexibility index (Phi) is 10.9. The third kappa shape index (κ3) is 9.58. The van der Waals surface area contributed by atoms with Gasteiger partial charge in [0.2, 0.25) is 0 Å². The van der Waals surface area contributed by atoms with Gasteiger partial charge in [0.15, 0.2) is 5.96 Å². The number of nitrogens with one attached hydrogen (secondary N) is 3. The summed E-state index contributed by atoms with van der Waals surface area (Å²) in [6, 6.07) is 15.2. The molecule has 0 saturated carbocycles. The van der Waals surface area contributed by atoms with Gasteiger partial charge in [-0.3, -0.25) is 0 Å². The van der Waals surface area contributed by atoms with E-state index < -0.39 is 12.8 Å². The third-order valence-electron chi connectivity index (χ3n) is 4.64. The number of aromatic nitrogens is 2. The van der Waals surface area contributed by atoms with Gasteiger partial charge in [0.05, 0.1) is 24.2 Å². The quantitative estimate of drug-likeness (QED) is 0.139. The van der Waals surface area contributed by atoms with Crippen molar-refractivity contribution in [3.63, 3.8) is 0 Å². The van der Waals surface area contributed by atoms with Gasteiger partial charge >= 0.3 is 6.18 Å². The Balaban J connectivity index is 0.00000385. The minimum absolute atomic E-state index is 0. The number of hydrogen-bond acceptors (Lipinski definition) is 3. The number of fused-ring (bicyclic) bond motifs is 1. The van der Waals surface area contributed by atoms with Crippen LogP contribution in [0.4, 0.5) is 13.2 Å². The van der Waals surface area contributed by atoms with Gasteiger partial charge in [0.1, 0.15) is 12.4 Å². The highest BCUT2D eigenvalue weighted by Crippen LogP contribution is 2.16. The van der Waals surface area contributed by atoms with Crippen LogP contribution in [0.2, 0.25) is 0 Å². The predicted molar refractivity (Wildman–Crippen MR) is 135 cm³/mol. The minimum Gasteiger partial charge on any atom is -0.367 e. The molecule has 0 saturated heterocycles. The third-order valence-corrected chi connectivity index (χ3v) is 4.64. The molecular formula is C23H29F3IN5O. The van der Waals surface area contributed by atoms with E-state index in [0.29, 0.717) is 12.1 Å². The molecule has 6 nitrogen and oxygen atoms in total. The number of aromatic amines is 1. The molecule has 2 aromatic carbocycles. The zero-order chi connectivity index (χ0) is 22.8. The maximum Gasteiger partial charge on any atom is 0.411 e. The number of benzene rings is 2. The molecule has 1 heterocycles. The van der Waals surface area contributed by atoms with Crippen molar-refractivity contribution in [3.05, 3.63) is 65.5 Å². The fourth-order valence-corrected chi connectivity index (χ4v) is 3.12. The second-order valence-corrected chi connectivity index (χ2v) is 7.35. The van der Waals surface area contributed by atoms with Crippen LogP contribution in [-0.2, 0) is 24.3 Å². The molecule has 3 aromatic rings. The normalized spacial score (nSPS) is 11.9. The highest BCUT2D eigenvalue weighted by Gasteiger charge is 2.27. The molecule has 0 atom stereocenters. The lowest BCUT2D eigenvalue weighted by Gasteiger charge is -2.11. The number of aliphatic imine (C=N–C) groups is 1. The first-order valence-corrected chi connectivity index (χ1v) is 10.6. The average Bonchev–Trinajstić information content (AvgIpc) is 3.18. The van der Waals surface area contributed by atoms with Crippen molar-refractivity contribution in [2.45, 2.75) is 39.1 Å². The molecule has 0 aliphatic carbocycles. The van der Waals surface area contributed by atoms with Crippen LogP contribution < -0.4 is 10.6 Å². The van der Waals surface area contributed by atoms with Gasteiger partial charge in [-0.15, -0.1) is 24.0 Å². The molecule has 0 unspecified atom stereocenters. The molecule has 1 aromatic heterocycles. The highest BCUT2D eigenvalue weighted by molar-refractivity contribution is 14.0. The van der Waals surface area contributed by atoms with Crippen molar-refractivity contribution in [2.75, 3.05) is 19.7 Å². The maximum absolute atomic E-state index is 12.1. The number of guanidine groups is 1. The minimum atomic E-state index is -4.31. The first-order valence-electron chi connectivity index (χ1n) is 10.6. The van der Waals surface area contributed by atoms with Gasteiger partial charge in [-0.1, -0.05) is 36.4 Å². The molecule has 0 aliphatic rings. The van der Waals surface area contributed by atoms with Crippen molar-refractivity contribution < 1.29 is 17.9 Å². The number of para-hydroxylation sites is 2. The summed E-state index contributed by atoms with van der Waals surface area (Å²) in [5, 5.41) is 6.53. The molecule has 0 spiro atoms. The second kappa shape index (κ2) is 13.4. The summed E-state index contributed by atoms with van der Waals surface area (Å²) in [6.45, 7) is 2.64. The molecule has 3 N–H and O–H groups in total. The Morgan fingerprint density at radius 3 is 2.48 bits per heavy atom. The average molecular weight is 575 g/mol. The zero-order valence-corrected chi connectivity index (χ0v) is 20.7. The van der Waals surface area contributed by atoms with Crippen LogP contribution in [0.25, 0.3) is 11.0 Å². The van der Waals surface area contributed by atoms with Crippen LogP contribution in [0.3, 0.4) is 0 Å². The first-order chi connectivity index (χ1) is 15.4. The van der Waals surface area contributed by atoms with Crippen molar-refractivity contribution in [1.29, 1.82) is 0 Å². The van der Waals surface area contributed by atoms with Crippen LogP contribution in [0.1, 0.15) is 30.3 Å². The standard InChI is InChI=1S/C23H28F3N5O.HI/c1-2-27-22(28-13-5-8-21-30-19-6-3-4-7-20(19)31-21)29-14-17-9-11-18(12-10-17)15-32-16-23(24,25)26;/h3-4,6-7,9-12H,2,5,8,13-16H2,1H3,(H,30,31)(H2,27,28,29);1H. The van der Waals surface area contributed by atoms with Gasteiger partial charge in [-0.05, 0) is 36.6 Å². The Morgan fingerprint density at radius 1 is 1.06 bits per heavy atom. The van der Waals surface area contributed by atoms with Crippen molar-refractivity contribution >= 4 is 41.0 Å². The van der Waals surface area contributed by atoms with Gasteiger partial charge in [0.25, 0.3) is 0 Å². The number of aryl methyl sites for hydroxylation is 1. The predicted octanol–water partition coefficient (Wildman–Crippen LogP) is 4.95. The molecule has 0 aliphatic heterocycles. The largest absolute Gasteiger partial charge is 0.411 e.